The SMILES string of the molecule is CC(C)(F)c1cccc(CON=C2CCN(S(=O)(=O)c3ccccc3OC(F)(F)F)CC2)c1. The second-order valence-electron chi connectivity index (χ2n) is 8.00. The standard InChI is InChI=1S/C22H24F4N2O4S/c1-21(2,23)17-7-5-6-16(14-17)15-31-27-18-10-12-28(13-11-18)33(29,30)20-9-4-3-8-19(20)32-22(24,25)26/h3-9,14H,10-13,15H2,1-2H3. The fourth-order valence-electron chi connectivity index (χ4n) is 3.32. The number of ether oxygens (including phenoxy) is 1. The monoisotopic (exact) mass is 488 g/mol. The molecule has 1 fully saturated rings. The number of piperidine rings is 1. The molecule has 0 N–H and O–H groups in total. The Balaban J connectivity index is 1.61. The lowest BCUT2D eigenvalue weighted by molar-refractivity contribution is -0.275. The summed E-state index contributed by atoms with van der Waals surface area (Å²) < 4.78 is 82.8. The van der Waals surface area contributed by atoms with E-state index in [0.29, 0.717) is 11.3 Å². The van der Waals surface area contributed by atoms with E-state index in [4.69, 9.17) is 4.84 Å². The maximum atomic E-state index is 14.1. The first-order valence-electron chi connectivity index (χ1n) is 10.2. The summed E-state index contributed by atoms with van der Waals surface area (Å²) in [4.78, 5) is 4.81. The van der Waals surface area contributed by atoms with Crippen molar-refractivity contribution in [3.05, 3.63) is 59.7 Å². The van der Waals surface area contributed by atoms with Crippen LogP contribution < -0.4 is 4.74 Å². The Morgan fingerprint density at radius 1 is 1.00 bits per heavy atom. The van der Waals surface area contributed by atoms with Gasteiger partial charge in [0.2, 0.25) is 10.0 Å². The van der Waals surface area contributed by atoms with Gasteiger partial charge in [0, 0.05) is 25.9 Å². The lowest BCUT2D eigenvalue weighted by atomic mass is 9.98. The van der Waals surface area contributed by atoms with Gasteiger partial charge in [-0.2, -0.15) is 4.31 Å². The molecule has 1 heterocycles. The number of nitrogens with zero attached hydrogens (tertiary/aromatic N) is 2. The first-order valence-corrected chi connectivity index (χ1v) is 11.6. The third kappa shape index (κ3) is 6.67. The highest BCUT2D eigenvalue weighted by molar-refractivity contribution is 7.89. The highest BCUT2D eigenvalue weighted by Crippen LogP contribution is 2.32. The van der Waals surface area contributed by atoms with Crippen LogP contribution in [0.2, 0.25) is 0 Å². The number of hydrogen-bond acceptors (Lipinski definition) is 5. The largest absolute Gasteiger partial charge is 0.573 e. The van der Waals surface area contributed by atoms with Crippen molar-refractivity contribution in [1.29, 1.82) is 0 Å². The molecule has 1 aliphatic heterocycles. The van der Waals surface area contributed by atoms with Gasteiger partial charge in [-0.05, 0) is 43.2 Å². The van der Waals surface area contributed by atoms with E-state index in [1.807, 2.05) is 0 Å². The molecule has 33 heavy (non-hydrogen) atoms. The van der Waals surface area contributed by atoms with Crippen LogP contribution in [0.25, 0.3) is 0 Å². The Labute approximate surface area is 189 Å². The van der Waals surface area contributed by atoms with E-state index < -0.39 is 32.7 Å². The van der Waals surface area contributed by atoms with E-state index in [-0.39, 0.29) is 32.5 Å². The summed E-state index contributed by atoms with van der Waals surface area (Å²) in [7, 11) is -4.19. The molecule has 2 aromatic rings. The van der Waals surface area contributed by atoms with Crippen LogP contribution in [0.1, 0.15) is 37.8 Å². The number of oxime groups is 1. The molecule has 180 valence electrons. The molecule has 0 unspecified atom stereocenters. The van der Waals surface area contributed by atoms with Crippen molar-refractivity contribution in [2.24, 2.45) is 5.16 Å². The zero-order chi connectivity index (χ0) is 24.3. The third-order valence-electron chi connectivity index (χ3n) is 5.03. The van der Waals surface area contributed by atoms with Crippen molar-refractivity contribution in [3.63, 3.8) is 0 Å². The second kappa shape index (κ2) is 9.68. The van der Waals surface area contributed by atoms with Crippen LogP contribution in [0, 0.1) is 0 Å². The van der Waals surface area contributed by atoms with Crippen LogP contribution in [0.5, 0.6) is 5.75 Å². The van der Waals surface area contributed by atoms with Gasteiger partial charge in [-0.3, -0.25) is 0 Å². The Bertz CT molecular complexity index is 1100. The first-order chi connectivity index (χ1) is 15.4. The molecule has 0 bridgehead atoms. The number of benzene rings is 2. The van der Waals surface area contributed by atoms with E-state index in [1.54, 1.807) is 24.3 Å². The predicted octanol–water partition coefficient (Wildman–Crippen LogP) is 5.15. The van der Waals surface area contributed by atoms with Crippen LogP contribution in [-0.2, 0) is 27.1 Å². The van der Waals surface area contributed by atoms with Gasteiger partial charge in [0.15, 0.2) is 0 Å². The van der Waals surface area contributed by atoms with Crippen molar-refractivity contribution in [3.8, 4) is 5.75 Å². The van der Waals surface area contributed by atoms with Gasteiger partial charge in [0.25, 0.3) is 0 Å². The smallest absolute Gasteiger partial charge is 0.404 e. The molecule has 0 aliphatic carbocycles. The van der Waals surface area contributed by atoms with E-state index >= 15 is 0 Å². The normalized spacial score (nSPS) is 15.9. The molecule has 0 amide bonds. The molecule has 11 heteroatoms. The zero-order valence-corrected chi connectivity index (χ0v) is 18.9. The molecule has 0 aromatic heterocycles. The van der Waals surface area contributed by atoms with Gasteiger partial charge in [-0.25, -0.2) is 12.8 Å². The van der Waals surface area contributed by atoms with E-state index in [2.05, 4.69) is 9.89 Å². The summed E-state index contributed by atoms with van der Waals surface area (Å²) in [6, 6.07) is 11.5. The van der Waals surface area contributed by atoms with Crippen molar-refractivity contribution in [1.82, 2.24) is 4.31 Å². The van der Waals surface area contributed by atoms with Crippen LogP contribution in [0.4, 0.5) is 17.6 Å². The number of hydrogen-bond donors (Lipinski definition) is 0. The van der Waals surface area contributed by atoms with Gasteiger partial charge in [-0.1, -0.05) is 35.5 Å². The van der Waals surface area contributed by atoms with Crippen LogP contribution in [0.3, 0.4) is 0 Å². The third-order valence-corrected chi connectivity index (χ3v) is 6.97. The average molecular weight is 489 g/mol. The Morgan fingerprint density at radius 3 is 2.30 bits per heavy atom. The minimum atomic E-state index is -5.01. The van der Waals surface area contributed by atoms with Gasteiger partial charge in [0.05, 0.1) is 5.71 Å². The predicted molar refractivity (Wildman–Crippen MR) is 114 cm³/mol. The summed E-state index contributed by atoms with van der Waals surface area (Å²) in [5, 5.41) is 4.05. The summed E-state index contributed by atoms with van der Waals surface area (Å²) in [5.74, 6) is -0.772. The number of sulfonamides is 1. The minimum Gasteiger partial charge on any atom is -0.404 e. The number of alkyl halides is 4. The van der Waals surface area contributed by atoms with Crippen molar-refractivity contribution in [2.75, 3.05) is 13.1 Å². The van der Waals surface area contributed by atoms with Crippen molar-refractivity contribution < 1.29 is 35.6 Å². The molecule has 0 atom stereocenters. The maximum Gasteiger partial charge on any atom is 0.573 e. The number of halogens is 4. The zero-order valence-electron chi connectivity index (χ0n) is 18.1. The Hall–Kier alpha value is -2.66. The fourth-order valence-corrected chi connectivity index (χ4v) is 4.87. The van der Waals surface area contributed by atoms with Crippen LogP contribution in [0.15, 0.2) is 58.6 Å². The van der Waals surface area contributed by atoms with Gasteiger partial charge in [0.1, 0.15) is 22.9 Å². The quantitative estimate of drug-likeness (QED) is 0.400. The molecular formula is C22H24F4N2O4S. The van der Waals surface area contributed by atoms with Crippen molar-refractivity contribution in [2.45, 2.75) is 50.2 Å². The lowest BCUT2D eigenvalue weighted by Gasteiger charge is -2.27. The molecule has 2 aromatic carbocycles. The Kier molecular flexibility index (Phi) is 7.32. The molecule has 1 aliphatic rings. The summed E-state index contributed by atoms with van der Waals surface area (Å²) in [6.07, 6.45) is -4.48. The summed E-state index contributed by atoms with van der Waals surface area (Å²) in [6.45, 7) is 3.12. The summed E-state index contributed by atoms with van der Waals surface area (Å²) >= 11 is 0. The second-order valence-corrected chi connectivity index (χ2v) is 9.91. The molecule has 0 spiro atoms. The first kappa shape index (κ1) is 25.0. The minimum absolute atomic E-state index is 0.0381. The molecule has 3 rings (SSSR count). The molecule has 1 saturated heterocycles. The van der Waals surface area contributed by atoms with Gasteiger partial charge in [-0.15, -0.1) is 13.2 Å². The van der Waals surface area contributed by atoms with E-state index in [0.717, 1.165) is 22.0 Å². The average Bonchev–Trinajstić information content (AvgIpc) is 2.73. The highest BCUT2D eigenvalue weighted by atomic mass is 32.2. The summed E-state index contributed by atoms with van der Waals surface area (Å²) in [5.41, 5.74) is 0.404. The van der Waals surface area contributed by atoms with Crippen molar-refractivity contribution >= 4 is 15.7 Å². The topological polar surface area (TPSA) is 68.2 Å². The molecule has 0 radical (unpaired) electrons. The molecule has 0 saturated carbocycles. The maximum absolute atomic E-state index is 14.1. The van der Waals surface area contributed by atoms with Crippen LogP contribution in [-0.4, -0.2) is 37.9 Å². The fraction of sp³-hybridized carbons (Fsp3) is 0.409. The molecular weight excluding hydrogens is 464 g/mol. The van der Waals surface area contributed by atoms with E-state index in [1.165, 1.54) is 26.0 Å². The van der Waals surface area contributed by atoms with Gasteiger partial charge >= 0.3 is 6.36 Å². The number of rotatable bonds is 7. The number of para-hydroxylation sites is 1. The highest BCUT2D eigenvalue weighted by Gasteiger charge is 2.36. The Morgan fingerprint density at radius 2 is 1.67 bits per heavy atom. The van der Waals surface area contributed by atoms with Gasteiger partial charge < -0.3 is 9.57 Å². The van der Waals surface area contributed by atoms with E-state index in [9.17, 15) is 26.0 Å². The molecule has 6 nitrogen and oxygen atoms in total. The van der Waals surface area contributed by atoms with Crippen LogP contribution >= 0.6 is 0 Å². The lowest BCUT2D eigenvalue weighted by Crippen LogP contribution is -2.39.